The Morgan fingerprint density at radius 3 is 2.54 bits per heavy atom. The Morgan fingerprint density at radius 1 is 1.00 bits per heavy atom. The topological polar surface area (TPSA) is 44.8 Å². The summed E-state index contributed by atoms with van der Waals surface area (Å²) in [6.07, 6.45) is 0.919. The quantitative estimate of drug-likeness (QED) is 0.812. The number of nitrogens with one attached hydrogen (secondary N) is 1. The SMILES string of the molecule is O=C1C(c2ccccc2)c2ccccc2N1OCCCN1CCNCC1. The number of para-hydroxylation sites is 1. The van der Waals surface area contributed by atoms with Crippen LogP contribution in [0.25, 0.3) is 0 Å². The minimum atomic E-state index is -0.277. The highest BCUT2D eigenvalue weighted by Gasteiger charge is 2.38. The molecule has 2 aliphatic heterocycles. The van der Waals surface area contributed by atoms with Gasteiger partial charge in [-0.05, 0) is 23.6 Å². The fourth-order valence-electron chi connectivity index (χ4n) is 3.77. The third kappa shape index (κ3) is 3.51. The number of amides is 1. The lowest BCUT2D eigenvalue weighted by Gasteiger charge is -2.27. The van der Waals surface area contributed by atoms with E-state index in [1.165, 1.54) is 5.06 Å². The van der Waals surface area contributed by atoms with Gasteiger partial charge in [0.05, 0.1) is 18.2 Å². The maximum absolute atomic E-state index is 13.0. The minimum Gasteiger partial charge on any atom is -0.314 e. The Hall–Kier alpha value is -2.21. The number of rotatable bonds is 6. The van der Waals surface area contributed by atoms with Crippen LogP contribution in [-0.4, -0.2) is 50.1 Å². The molecule has 0 radical (unpaired) electrons. The average molecular weight is 351 g/mol. The van der Waals surface area contributed by atoms with E-state index in [4.69, 9.17) is 4.84 Å². The van der Waals surface area contributed by atoms with Gasteiger partial charge < -0.3 is 10.2 Å². The molecule has 2 heterocycles. The number of piperazine rings is 1. The second-order valence-corrected chi connectivity index (χ2v) is 6.81. The predicted molar refractivity (Wildman–Crippen MR) is 102 cm³/mol. The molecule has 5 nitrogen and oxygen atoms in total. The van der Waals surface area contributed by atoms with E-state index in [2.05, 4.69) is 10.2 Å². The third-order valence-corrected chi connectivity index (χ3v) is 5.10. The number of hydrogen-bond donors (Lipinski definition) is 1. The Morgan fingerprint density at radius 2 is 1.73 bits per heavy atom. The monoisotopic (exact) mass is 351 g/mol. The van der Waals surface area contributed by atoms with Crippen LogP contribution in [0.5, 0.6) is 0 Å². The summed E-state index contributed by atoms with van der Waals surface area (Å²) in [7, 11) is 0. The number of fused-ring (bicyclic) bond motifs is 1. The van der Waals surface area contributed by atoms with Gasteiger partial charge in [-0.15, -0.1) is 0 Å². The second kappa shape index (κ2) is 7.99. The van der Waals surface area contributed by atoms with E-state index in [1.807, 2.05) is 54.6 Å². The molecule has 5 heteroatoms. The van der Waals surface area contributed by atoms with Gasteiger partial charge in [0.1, 0.15) is 0 Å². The first kappa shape index (κ1) is 17.2. The molecular formula is C21H25N3O2. The van der Waals surface area contributed by atoms with Crippen LogP contribution in [0.4, 0.5) is 5.69 Å². The molecule has 0 spiro atoms. The van der Waals surface area contributed by atoms with Crippen molar-refractivity contribution < 1.29 is 9.63 Å². The van der Waals surface area contributed by atoms with Gasteiger partial charge in [-0.25, -0.2) is 0 Å². The number of hydrogen-bond acceptors (Lipinski definition) is 4. The number of benzene rings is 2. The van der Waals surface area contributed by atoms with E-state index in [0.717, 1.165) is 56.0 Å². The number of carbonyl (C=O) groups is 1. The van der Waals surface area contributed by atoms with E-state index < -0.39 is 0 Å². The van der Waals surface area contributed by atoms with Crippen LogP contribution in [0.2, 0.25) is 0 Å². The summed E-state index contributed by atoms with van der Waals surface area (Å²) < 4.78 is 0. The lowest BCUT2D eigenvalue weighted by molar-refractivity contribution is -0.125. The Bertz CT molecular complexity index is 744. The maximum Gasteiger partial charge on any atom is 0.262 e. The molecule has 2 aliphatic rings. The second-order valence-electron chi connectivity index (χ2n) is 6.81. The summed E-state index contributed by atoms with van der Waals surface area (Å²) in [6, 6.07) is 17.9. The standard InChI is InChI=1S/C21H25N3O2/c25-21-20(17-7-2-1-3-8-17)18-9-4-5-10-19(18)24(21)26-16-6-13-23-14-11-22-12-15-23/h1-5,7-10,20,22H,6,11-16H2. The van der Waals surface area contributed by atoms with Crippen molar-refractivity contribution in [1.29, 1.82) is 0 Å². The molecule has 0 aromatic heterocycles. The van der Waals surface area contributed by atoms with Gasteiger partial charge >= 0.3 is 0 Å². The molecule has 1 unspecified atom stereocenters. The first-order valence-electron chi connectivity index (χ1n) is 9.38. The van der Waals surface area contributed by atoms with Gasteiger partial charge in [-0.2, -0.15) is 5.06 Å². The largest absolute Gasteiger partial charge is 0.314 e. The molecule has 0 aliphatic carbocycles. The molecule has 136 valence electrons. The van der Waals surface area contributed by atoms with E-state index >= 15 is 0 Å². The van der Waals surface area contributed by atoms with Crippen LogP contribution in [0.3, 0.4) is 0 Å². The highest BCUT2D eigenvalue weighted by Crippen LogP contribution is 2.41. The molecule has 0 saturated carbocycles. The van der Waals surface area contributed by atoms with Crippen molar-refractivity contribution in [3.63, 3.8) is 0 Å². The van der Waals surface area contributed by atoms with Gasteiger partial charge in [-0.1, -0.05) is 48.5 Å². The predicted octanol–water partition coefficient (Wildman–Crippen LogP) is 2.39. The van der Waals surface area contributed by atoms with Crippen molar-refractivity contribution in [2.45, 2.75) is 12.3 Å². The van der Waals surface area contributed by atoms with Crippen LogP contribution >= 0.6 is 0 Å². The fraction of sp³-hybridized carbons (Fsp3) is 0.381. The normalized spacial score (nSPS) is 20.4. The van der Waals surface area contributed by atoms with Crippen LogP contribution in [0.1, 0.15) is 23.5 Å². The highest BCUT2D eigenvalue weighted by atomic mass is 16.7. The molecule has 1 amide bonds. The molecule has 4 rings (SSSR count). The highest BCUT2D eigenvalue weighted by molar-refractivity contribution is 6.05. The van der Waals surface area contributed by atoms with Crippen molar-refractivity contribution in [2.75, 3.05) is 44.4 Å². The van der Waals surface area contributed by atoms with E-state index in [9.17, 15) is 4.79 Å². The lowest BCUT2D eigenvalue weighted by atomic mass is 9.93. The van der Waals surface area contributed by atoms with Gasteiger partial charge in [-0.3, -0.25) is 9.63 Å². The molecule has 2 aromatic rings. The van der Waals surface area contributed by atoms with Crippen LogP contribution in [-0.2, 0) is 9.63 Å². The molecule has 26 heavy (non-hydrogen) atoms. The summed E-state index contributed by atoms with van der Waals surface area (Å²) in [5.74, 6) is -0.278. The third-order valence-electron chi connectivity index (χ3n) is 5.10. The zero-order valence-electron chi connectivity index (χ0n) is 14.9. The molecule has 1 fully saturated rings. The number of anilines is 1. The molecule has 2 aromatic carbocycles. The average Bonchev–Trinajstić information content (AvgIpc) is 2.98. The number of nitrogens with zero attached hydrogens (tertiary/aromatic N) is 2. The zero-order chi connectivity index (χ0) is 17.8. The fourth-order valence-corrected chi connectivity index (χ4v) is 3.77. The van der Waals surface area contributed by atoms with Crippen molar-refractivity contribution >= 4 is 11.6 Å². The molecule has 1 N–H and O–H groups in total. The number of hydroxylamine groups is 1. The van der Waals surface area contributed by atoms with Crippen molar-refractivity contribution in [3.05, 3.63) is 65.7 Å². The zero-order valence-corrected chi connectivity index (χ0v) is 14.9. The summed E-state index contributed by atoms with van der Waals surface area (Å²) in [6.45, 7) is 5.83. The summed E-state index contributed by atoms with van der Waals surface area (Å²) in [4.78, 5) is 21.4. The molecule has 1 atom stereocenters. The summed E-state index contributed by atoms with van der Waals surface area (Å²) in [5.41, 5.74) is 2.90. The Kier molecular flexibility index (Phi) is 5.29. The van der Waals surface area contributed by atoms with Crippen molar-refractivity contribution in [1.82, 2.24) is 10.2 Å². The summed E-state index contributed by atoms with van der Waals surface area (Å²) >= 11 is 0. The van der Waals surface area contributed by atoms with Gasteiger partial charge in [0.2, 0.25) is 0 Å². The van der Waals surface area contributed by atoms with E-state index in [1.54, 1.807) is 0 Å². The van der Waals surface area contributed by atoms with Gasteiger partial charge in [0.25, 0.3) is 5.91 Å². The minimum absolute atomic E-state index is 0.000396. The van der Waals surface area contributed by atoms with E-state index in [-0.39, 0.29) is 11.8 Å². The van der Waals surface area contributed by atoms with Crippen LogP contribution in [0, 0.1) is 0 Å². The smallest absolute Gasteiger partial charge is 0.262 e. The van der Waals surface area contributed by atoms with Crippen LogP contribution < -0.4 is 10.4 Å². The molecule has 1 saturated heterocycles. The van der Waals surface area contributed by atoms with E-state index in [0.29, 0.717) is 6.61 Å². The first-order valence-corrected chi connectivity index (χ1v) is 9.38. The van der Waals surface area contributed by atoms with Gasteiger partial charge in [0, 0.05) is 32.7 Å². The molecule has 0 bridgehead atoms. The van der Waals surface area contributed by atoms with Crippen LogP contribution in [0.15, 0.2) is 54.6 Å². The Balaban J connectivity index is 1.42. The lowest BCUT2D eigenvalue weighted by Crippen LogP contribution is -2.44. The van der Waals surface area contributed by atoms with Crippen molar-refractivity contribution in [2.24, 2.45) is 0 Å². The van der Waals surface area contributed by atoms with Gasteiger partial charge in [0.15, 0.2) is 0 Å². The first-order chi connectivity index (χ1) is 12.8. The van der Waals surface area contributed by atoms with Crippen molar-refractivity contribution in [3.8, 4) is 0 Å². The number of carbonyl (C=O) groups excluding carboxylic acids is 1. The summed E-state index contributed by atoms with van der Waals surface area (Å²) in [5, 5.41) is 4.87. The molecular weight excluding hydrogens is 326 g/mol. The Labute approximate surface area is 154 Å². The maximum atomic E-state index is 13.0.